The number of fused-ring (bicyclic) bond motifs is 1. The smallest absolute Gasteiger partial charge is 0.257 e. The monoisotopic (exact) mass is 498 g/mol. The average molecular weight is 499 g/mol. The standard InChI is InChI=1S/C28H30N6O3/c1-36-22-10-8-20(9-11-22)26-30-25(37-31-26)19-32-14-16-34(17-15-32)28(35)23-18-21-6-2-3-7-24(21)29-27(23)33-12-4-5-13-33/h2-3,6-11,18H,4-5,12-17,19H2,1H3. The number of aromatic nitrogens is 3. The molecule has 0 bridgehead atoms. The van der Waals surface area contributed by atoms with E-state index in [0.29, 0.717) is 36.9 Å². The van der Waals surface area contributed by atoms with E-state index in [9.17, 15) is 4.79 Å². The molecule has 37 heavy (non-hydrogen) atoms. The SMILES string of the molecule is COc1ccc(-c2noc(CN3CCN(C(=O)c4cc5ccccc5nc4N4CCCC4)CC3)n2)cc1. The van der Waals surface area contributed by atoms with Crippen molar-refractivity contribution in [2.24, 2.45) is 0 Å². The topological polar surface area (TPSA) is 87.8 Å². The number of piperazine rings is 1. The third kappa shape index (κ3) is 4.86. The number of hydrogen-bond acceptors (Lipinski definition) is 8. The Morgan fingerprint density at radius 1 is 0.946 bits per heavy atom. The zero-order valence-corrected chi connectivity index (χ0v) is 21.0. The number of hydrogen-bond donors (Lipinski definition) is 0. The molecule has 0 radical (unpaired) electrons. The Morgan fingerprint density at radius 3 is 2.46 bits per heavy atom. The molecule has 6 rings (SSSR count). The van der Waals surface area contributed by atoms with Crippen LogP contribution in [0.15, 0.2) is 59.1 Å². The summed E-state index contributed by atoms with van der Waals surface area (Å²) < 4.78 is 10.7. The summed E-state index contributed by atoms with van der Waals surface area (Å²) in [7, 11) is 1.64. The summed E-state index contributed by atoms with van der Waals surface area (Å²) in [5, 5.41) is 5.13. The maximum Gasteiger partial charge on any atom is 0.257 e. The van der Waals surface area contributed by atoms with Crippen LogP contribution in [0.2, 0.25) is 0 Å². The minimum absolute atomic E-state index is 0.0550. The summed E-state index contributed by atoms with van der Waals surface area (Å²) in [5.74, 6) is 2.79. The fourth-order valence-corrected chi connectivity index (χ4v) is 5.08. The Bertz CT molecular complexity index is 1390. The second-order valence-corrected chi connectivity index (χ2v) is 9.55. The Labute approximate surface area is 215 Å². The molecule has 2 saturated heterocycles. The third-order valence-electron chi connectivity index (χ3n) is 7.17. The quantitative estimate of drug-likeness (QED) is 0.396. The van der Waals surface area contributed by atoms with Crippen LogP contribution in [-0.2, 0) is 6.54 Å². The summed E-state index contributed by atoms with van der Waals surface area (Å²) in [6.45, 7) is 5.22. The van der Waals surface area contributed by atoms with Gasteiger partial charge in [-0.1, -0.05) is 23.4 Å². The average Bonchev–Trinajstić information content (AvgIpc) is 3.65. The van der Waals surface area contributed by atoms with Crippen LogP contribution < -0.4 is 9.64 Å². The molecule has 0 spiro atoms. The number of rotatable bonds is 6. The molecule has 0 unspecified atom stereocenters. The molecule has 4 aromatic rings. The van der Waals surface area contributed by atoms with E-state index >= 15 is 0 Å². The molecule has 190 valence electrons. The molecule has 2 fully saturated rings. The molecule has 0 saturated carbocycles. The lowest BCUT2D eigenvalue weighted by molar-refractivity contribution is 0.0615. The first-order valence-corrected chi connectivity index (χ1v) is 12.8. The van der Waals surface area contributed by atoms with Crippen molar-refractivity contribution in [3.63, 3.8) is 0 Å². The van der Waals surface area contributed by atoms with Crippen LogP contribution in [0.5, 0.6) is 5.75 Å². The van der Waals surface area contributed by atoms with Crippen molar-refractivity contribution >= 4 is 22.6 Å². The first-order chi connectivity index (χ1) is 18.2. The number of pyridine rings is 1. The van der Waals surface area contributed by atoms with Crippen molar-refractivity contribution in [1.82, 2.24) is 24.9 Å². The lowest BCUT2D eigenvalue weighted by Gasteiger charge is -2.34. The predicted molar refractivity (Wildman–Crippen MR) is 141 cm³/mol. The van der Waals surface area contributed by atoms with Gasteiger partial charge in [0.2, 0.25) is 11.7 Å². The number of anilines is 1. The lowest BCUT2D eigenvalue weighted by atomic mass is 10.1. The Kier molecular flexibility index (Phi) is 6.44. The van der Waals surface area contributed by atoms with Crippen molar-refractivity contribution in [3.8, 4) is 17.1 Å². The zero-order chi connectivity index (χ0) is 25.2. The van der Waals surface area contributed by atoms with E-state index in [0.717, 1.165) is 67.1 Å². The maximum absolute atomic E-state index is 13.7. The normalized spacial score (nSPS) is 16.5. The van der Waals surface area contributed by atoms with Gasteiger partial charge in [-0.15, -0.1) is 0 Å². The van der Waals surface area contributed by atoms with Gasteiger partial charge in [-0.25, -0.2) is 4.98 Å². The molecular formula is C28H30N6O3. The van der Waals surface area contributed by atoms with E-state index in [1.54, 1.807) is 7.11 Å². The van der Waals surface area contributed by atoms with Gasteiger partial charge >= 0.3 is 0 Å². The fraction of sp³-hybridized carbons (Fsp3) is 0.357. The van der Waals surface area contributed by atoms with Crippen LogP contribution in [0, 0.1) is 0 Å². The van der Waals surface area contributed by atoms with E-state index < -0.39 is 0 Å². The highest BCUT2D eigenvalue weighted by Gasteiger charge is 2.28. The van der Waals surface area contributed by atoms with Gasteiger partial charge in [0.25, 0.3) is 5.91 Å². The second-order valence-electron chi connectivity index (χ2n) is 9.55. The van der Waals surface area contributed by atoms with E-state index in [4.69, 9.17) is 14.2 Å². The van der Waals surface area contributed by atoms with Crippen LogP contribution in [0.4, 0.5) is 5.82 Å². The van der Waals surface area contributed by atoms with Crippen molar-refractivity contribution in [2.75, 3.05) is 51.3 Å². The van der Waals surface area contributed by atoms with Crippen LogP contribution in [0.25, 0.3) is 22.3 Å². The zero-order valence-electron chi connectivity index (χ0n) is 21.0. The molecule has 2 aromatic heterocycles. The van der Waals surface area contributed by atoms with Crippen molar-refractivity contribution in [1.29, 1.82) is 0 Å². The van der Waals surface area contributed by atoms with E-state index in [2.05, 4.69) is 19.9 Å². The first kappa shape index (κ1) is 23.4. The van der Waals surface area contributed by atoms with E-state index in [-0.39, 0.29) is 5.91 Å². The Balaban J connectivity index is 1.12. The molecule has 0 atom stereocenters. The summed E-state index contributed by atoms with van der Waals surface area (Å²) in [6.07, 6.45) is 2.27. The highest BCUT2D eigenvalue weighted by molar-refractivity contribution is 6.02. The summed E-state index contributed by atoms with van der Waals surface area (Å²) in [6, 6.07) is 17.6. The number of para-hydroxylation sites is 1. The van der Waals surface area contributed by atoms with Crippen LogP contribution in [0.3, 0.4) is 0 Å². The molecule has 4 heterocycles. The Morgan fingerprint density at radius 2 is 1.70 bits per heavy atom. The van der Waals surface area contributed by atoms with Gasteiger partial charge in [0.15, 0.2) is 0 Å². The van der Waals surface area contributed by atoms with E-state index in [1.165, 1.54) is 0 Å². The molecule has 9 heteroatoms. The first-order valence-electron chi connectivity index (χ1n) is 12.8. The van der Waals surface area contributed by atoms with Gasteiger partial charge < -0.3 is 19.1 Å². The molecule has 0 N–H and O–H groups in total. The van der Waals surface area contributed by atoms with Gasteiger partial charge in [0, 0.05) is 50.2 Å². The van der Waals surface area contributed by atoms with Crippen LogP contribution in [-0.4, -0.2) is 77.2 Å². The number of ether oxygens (including phenoxy) is 1. The minimum Gasteiger partial charge on any atom is -0.497 e. The predicted octanol–water partition coefficient (Wildman–Crippen LogP) is 3.85. The number of carbonyl (C=O) groups is 1. The molecule has 2 aliphatic rings. The van der Waals surface area contributed by atoms with Gasteiger partial charge in [-0.05, 0) is 49.2 Å². The highest BCUT2D eigenvalue weighted by atomic mass is 16.5. The summed E-state index contributed by atoms with van der Waals surface area (Å²) >= 11 is 0. The number of benzene rings is 2. The molecular weight excluding hydrogens is 468 g/mol. The van der Waals surface area contributed by atoms with Crippen molar-refractivity contribution in [2.45, 2.75) is 19.4 Å². The largest absolute Gasteiger partial charge is 0.497 e. The number of nitrogens with zero attached hydrogens (tertiary/aromatic N) is 6. The molecule has 2 aliphatic heterocycles. The molecule has 0 aliphatic carbocycles. The minimum atomic E-state index is 0.0550. The maximum atomic E-state index is 13.7. The van der Waals surface area contributed by atoms with Crippen molar-refractivity contribution in [3.05, 3.63) is 66.1 Å². The third-order valence-corrected chi connectivity index (χ3v) is 7.17. The molecule has 1 amide bonds. The van der Waals surface area contributed by atoms with Gasteiger partial charge in [0.05, 0.1) is 24.7 Å². The molecule has 2 aromatic carbocycles. The Hall–Kier alpha value is -3.98. The van der Waals surface area contributed by atoms with Crippen molar-refractivity contribution < 1.29 is 14.1 Å². The van der Waals surface area contributed by atoms with Gasteiger partial charge in [-0.2, -0.15) is 4.98 Å². The molecule has 9 nitrogen and oxygen atoms in total. The second kappa shape index (κ2) is 10.2. The lowest BCUT2D eigenvalue weighted by Crippen LogP contribution is -2.48. The summed E-state index contributed by atoms with van der Waals surface area (Å²) in [4.78, 5) is 29.6. The van der Waals surface area contributed by atoms with Gasteiger partial charge in [0.1, 0.15) is 11.6 Å². The van der Waals surface area contributed by atoms with Crippen LogP contribution in [0.1, 0.15) is 29.1 Å². The van der Waals surface area contributed by atoms with Gasteiger partial charge in [-0.3, -0.25) is 9.69 Å². The highest BCUT2D eigenvalue weighted by Crippen LogP contribution is 2.28. The number of carbonyl (C=O) groups excluding carboxylic acids is 1. The fourth-order valence-electron chi connectivity index (χ4n) is 5.08. The number of amides is 1. The van der Waals surface area contributed by atoms with Crippen LogP contribution >= 0.6 is 0 Å². The number of methoxy groups -OCH3 is 1. The van der Waals surface area contributed by atoms with E-state index in [1.807, 2.05) is 59.5 Å². The summed E-state index contributed by atoms with van der Waals surface area (Å²) in [5.41, 5.74) is 2.51.